The molecule has 3 heteroatoms. The summed E-state index contributed by atoms with van der Waals surface area (Å²) in [6.45, 7) is 6.19. The van der Waals surface area contributed by atoms with E-state index in [9.17, 15) is 4.39 Å². The predicted molar refractivity (Wildman–Crippen MR) is 69.8 cm³/mol. The molecule has 2 aliphatic rings. The zero-order valence-corrected chi connectivity index (χ0v) is 10.3. The van der Waals surface area contributed by atoms with Gasteiger partial charge in [0.25, 0.3) is 0 Å². The number of hydrogen-bond donors (Lipinski definition) is 0. The van der Waals surface area contributed by atoms with Gasteiger partial charge in [-0.05, 0) is 29.7 Å². The summed E-state index contributed by atoms with van der Waals surface area (Å²) in [5.74, 6) is 0.439. The van der Waals surface area contributed by atoms with E-state index in [1.165, 1.54) is 5.56 Å². The van der Waals surface area contributed by atoms with Crippen molar-refractivity contribution in [3.8, 4) is 0 Å². The lowest BCUT2D eigenvalue weighted by Gasteiger charge is -2.20. The third-order valence-corrected chi connectivity index (χ3v) is 3.34. The van der Waals surface area contributed by atoms with Crippen molar-refractivity contribution < 1.29 is 9.13 Å². The van der Waals surface area contributed by atoms with Crippen LogP contribution in [0.25, 0.3) is 5.57 Å². The number of halogens is 1. The van der Waals surface area contributed by atoms with Gasteiger partial charge in [-0.1, -0.05) is 18.7 Å². The first-order chi connectivity index (χ1) is 8.63. The topological polar surface area (TPSA) is 21.6 Å². The molecule has 0 bridgehead atoms. The standard InChI is InChI=1S/C15H14FNO/c1-9-5-14(15(16)17-9)12-4-3-11-6-10(2)18-8-13(11)7-12/h3-4,7H,2,5-6,8H2,1H3. The molecule has 92 valence electrons. The van der Waals surface area contributed by atoms with Gasteiger partial charge in [-0.2, -0.15) is 4.39 Å². The Morgan fingerprint density at radius 1 is 1.28 bits per heavy atom. The van der Waals surface area contributed by atoms with Crippen LogP contribution in [-0.2, 0) is 17.8 Å². The molecule has 1 aromatic carbocycles. The quantitative estimate of drug-likeness (QED) is 0.688. The van der Waals surface area contributed by atoms with Crippen molar-refractivity contribution in [3.05, 3.63) is 53.2 Å². The van der Waals surface area contributed by atoms with E-state index >= 15 is 0 Å². The Bertz CT molecular complexity index is 599. The summed E-state index contributed by atoms with van der Waals surface area (Å²) < 4.78 is 19.1. The average Bonchev–Trinajstić information content (AvgIpc) is 2.68. The van der Waals surface area contributed by atoms with Gasteiger partial charge >= 0.3 is 0 Å². The molecule has 3 rings (SSSR count). The van der Waals surface area contributed by atoms with Crippen LogP contribution in [-0.4, -0.2) is 5.71 Å². The number of ether oxygens (including phenoxy) is 1. The molecule has 0 aliphatic carbocycles. The average molecular weight is 243 g/mol. The molecule has 0 radical (unpaired) electrons. The minimum absolute atomic E-state index is 0.353. The van der Waals surface area contributed by atoms with E-state index in [1.54, 1.807) is 0 Å². The Hall–Kier alpha value is -1.90. The van der Waals surface area contributed by atoms with Gasteiger partial charge in [0.05, 0.1) is 5.76 Å². The number of hydrogen-bond acceptors (Lipinski definition) is 2. The number of rotatable bonds is 1. The summed E-state index contributed by atoms with van der Waals surface area (Å²) in [6.07, 6.45) is 1.34. The summed E-state index contributed by atoms with van der Waals surface area (Å²) >= 11 is 0. The van der Waals surface area contributed by atoms with E-state index in [-0.39, 0.29) is 5.95 Å². The zero-order chi connectivity index (χ0) is 12.7. The monoisotopic (exact) mass is 243 g/mol. The Kier molecular flexibility index (Phi) is 2.54. The maximum atomic E-state index is 13.7. The molecular weight excluding hydrogens is 229 g/mol. The number of fused-ring (bicyclic) bond motifs is 1. The first-order valence-corrected chi connectivity index (χ1v) is 5.99. The summed E-state index contributed by atoms with van der Waals surface area (Å²) in [7, 11) is 0. The zero-order valence-electron chi connectivity index (χ0n) is 10.3. The second-order valence-electron chi connectivity index (χ2n) is 4.78. The van der Waals surface area contributed by atoms with E-state index in [4.69, 9.17) is 4.74 Å². The summed E-state index contributed by atoms with van der Waals surface area (Å²) in [5, 5.41) is 0. The number of aliphatic imine (C=N–C) groups is 1. The highest BCUT2D eigenvalue weighted by Crippen LogP contribution is 2.32. The smallest absolute Gasteiger partial charge is 0.216 e. The SMILES string of the molecule is C=C1Cc2ccc(C3=C(F)N=C(C)C3)cc2CO1. The summed E-state index contributed by atoms with van der Waals surface area (Å²) in [4.78, 5) is 3.86. The molecule has 0 saturated carbocycles. The molecule has 0 saturated heterocycles. The molecular formula is C15H14FNO. The highest BCUT2D eigenvalue weighted by molar-refractivity contribution is 5.97. The van der Waals surface area contributed by atoms with Crippen molar-refractivity contribution >= 4 is 11.3 Å². The van der Waals surface area contributed by atoms with Crippen molar-refractivity contribution in [3.63, 3.8) is 0 Å². The molecule has 0 amide bonds. The highest BCUT2D eigenvalue weighted by atomic mass is 19.1. The lowest BCUT2D eigenvalue weighted by molar-refractivity contribution is 0.182. The van der Waals surface area contributed by atoms with E-state index in [2.05, 4.69) is 11.6 Å². The Morgan fingerprint density at radius 3 is 2.83 bits per heavy atom. The number of benzene rings is 1. The molecule has 18 heavy (non-hydrogen) atoms. The largest absolute Gasteiger partial charge is 0.494 e. The fraction of sp³-hybridized carbons (Fsp3) is 0.267. The molecule has 1 aromatic rings. The van der Waals surface area contributed by atoms with Gasteiger partial charge in [-0.15, -0.1) is 0 Å². The van der Waals surface area contributed by atoms with Crippen LogP contribution in [0.3, 0.4) is 0 Å². The molecule has 2 nitrogen and oxygen atoms in total. The van der Waals surface area contributed by atoms with Crippen molar-refractivity contribution in [2.24, 2.45) is 4.99 Å². The normalized spacial score (nSPS) is 18.6. The Morgan fingerprint density at radius 2 is 2.11 bits per heavy atom. The lowest BCUT2D eigenvalue weighted by Crippen LogP contribution is -2.08. The van der Waals surface area contributed by atoms with Gasteiger partial charge in [0, 0.05) is 24.1 Å². The van der Waals surface area contributed by atoms with E-state index < -0.39 is 0 Å². The lowest BCUT2D eigenvalue weighted by atomic mass is 9.95. The molecule has 0 N–H and O–H groups in total. The van der Waals surface area contributed by atoms with Crippen LogP contribution in [0.1, 0.15) is 30.0 Å². The fourth-order valence-corrected chi connectivity index (χ4v) is 2.39. The van der Waals surface area contributed by atoms with Crippen LogP contribution in [0.4, 0.5) is 4.39 Å². The predicted octanol–water partition coefficient (Wildman–Crippen LogP) is 3.78. The second kappa shape index (κ2) is 4.09. The van der Waals surface area contributed by atoms with Gasteiger partial charge in [0.15, 0.2) is 0 Å². The van der Waals surface area contributed by atoms with Crippen molar-refractivity contribution in [1.82, 2.24) is 0 Å². The van der Waals surface area contributed by atoms with Crippen LogP contribution >= 0.6 is 0 Å². The van der Waals surface area contributed by atoms with Crippen LogP contribution < -0.4 is 0 Å². The maximum Gasteiger partial charge on any atom is 0.216 e. The molecule has 0 spiro atoms. The van der Waals surface area contributed by atoms with Crippen LogP contribution in [0, 0.1) is 0 Å². The van der Waals surface area contributed by atoms with Gasteiger partial charge in [-0.3, -0.25) is 0 Å². The van der Waals surface area contributed by atoms with Crippen LogP contribution in [0.5, 0.6) is 0 Å². The van der Waals surface area contributed by atoms with Crippen molar-refractivity contribution in [2.45, 2.75) is 26.4 Å². The summed E-state index contributed by atoms with van der Waals surface area (Å²) in [5.41, 5.74) is 4.74. The molecule has 0 fully saturated rings. The molecule has 0 aromatic heterocycles. The van der Waals surface area contributed by atoms with Crippen molar-refractivity contribution in [1.29, 1.82) is 0 Å². The number of allylic oxidation sites excluding steroid dienone is 2. The third kappa shape index (κ3) is 1.86. The van der Waals surface area contributed by atoms with Crippen molar-refractivity contribution in [2.75, 3.05) is 0 Å². The van der Waals surface area contributed by atoms with Crippen LogP contribution in [0.15, 0.2) is 41.5 Å². The Labute approximate surface area is 105 Å². The molecule has 0 atom stereocenters. The Balaban J connectivity index is 1.97. The first kappa shape index (κ1) is 11.2. The summed E-state index contributed by atoms with van der Waals surface area (Å²) in [6, 6.07) is 6.00. The minimum atomic E-state index is -0.353. The molecule has 0 unspecified atom stereocenters. The minimum Gasteiger partial charge on any atom is -0.494 e. The van der Waals surface area contributed by atoms with Gasteiger partial charge in [0.1, 0.15) is 6.61 Å². The van der Waals surface area contributed by atoms with E-state index in [1.807, 2.05) is 25.1 Å². The molecule has 2 heterocycles. The second-order valence-corrected chi connectivity index (χ2v) is 4.78. The van der Waals surface area contributed by atoms with E-state index in [0.29, 0.717) is 18.6 Å². The highest BCUT2D eigenvalue weighted by Gasteiger charge is 2.19. The molecule has 2 aliphatic heterocycles. The van der Waals surface area contributed by atoms with Gasteiger partial charge in [-0.25, -0.2) is 4.99 Å². The van der Waals surface area contributed by atoms with Gasteiger partial charge in [0.2, 0.25) is 5.95 Å². The van der Waals surface area contributed by atoms with Gasteiger partial charge < -0.3 is 4.74 Å². The first-order valence-electron chi connectivity index (χ1n) is 5.99. The third-order valence-electron chi connectivity index (χ3n) is 3.34. The fourth-order valence-electron chi connectivity index (χ4n) is 2.39. The maximum absolute atomic E-state index is 13.7. The van der Waals surface area contributed by atoms with Crippen LogP contribution in [0.2, 0.25) is 0 Å². The van der Waals surface area contributed by atoms with E-state index in [0.717, 1.165) is 29.0 Å². The number of nitrogens with zero attached hydrogens (tertiary/aromatic N) is 1.